The van der Waals surface area contributed by atoms with Crippen LogP contribution in [0.2, 0.25) is 10.2 Å². The summed E-state index contributed by atoms with van der Waals surface area (Å²) in [6, 6.07) is 5.86. The van der Waals surface area contributed by atoms with E-state index < -0.39 is 35.4 Å². The molecule has 2 amide bonds. The number of carbonyl (C=O) groups is 2. The van der Waals surface area contributed by atoms with E-state index in [4.69, 9.17) is 23.2 Å². The first kappa shape index (κ1) is 20.4. The number of amides is 2. The van der Waals surface area contributed by atoms with E-state index >= 15 is 0 Å². The number of aromatic nitrogens is 1. The van der Waals surface area contributed by atoms with E-state index in [1.165, 1.54) is 36.3 Å². The number of alkyl halides is 3. The maximum atomic E-state index is 12.8. The van der Waals surface area contributed by atoms with Crippen molar-refractivity contribution in [1.82, 2.24) is 9.88 Å². The summed E-state index contributed by atoms with van der Waals surface area (Å²) in [5, 5.41) is 2.77. The summed E-state index contributed by atoms with van der Waals surface area (Å²) < 4.78 is 38.3. The number of likely N-dealkylation sites (tertiary alicyclic amines) is 1. The second kappa shape index (κ2) is 7.60. The smallest absolute Gasteiger partial charge is 0.344 e. The minimum atomic E-state index is -4.46. The highest BCUT2D eigenvalue weighted by Crippen LogP contribution is 2.36. The van der Waals surface area contributed by atoms with Crippen LogP contribution >= 0.6 is 23.2 Å². The molecule has 28 heavy (non-hydrogen) atoms. The summed E-state index contributed by atoms with van der Waals surface area (Å²) in [7, 11) is 1.54. The average molecular weight is 432 g/mol. The van der Waals surface area contributed by atoms with Crippen LogP contribution in [-0.4, -0.2) is 35.3 Å². The highest BCUT2D eigenvalue weighted by atomic mass is 35.5. The fraction of sp³-hybridized carbons (Fsp3) is 0.278. The van der Waals surface area contributed by atoms with Gasteiger partial charge in [-0.25, -0.2) is 4.98 Å². The minimum Gasteiger partial charge on any atom is -0.344 e. The highest BCUT2D eigenvalue weighted by molar-refractivity contribution is 6.41. The first-order valence-corrected chi connectivity index (χ1v) is 8.87. The monoisotopic (exact) mass is 431 g/mol. The van der Waals surface area contributed by atoms with Gasteiger partial charge in [-0.1, -0.05) is 35.3 Å². The Bertz CT molecular complexity index is 919. The molecular formula is C18H14Cl2F3N3O2. The molecular weight excluding hydrogens is 418 g/mol. The Morgan fingerprint density at radius 2 is 1.89 bits per heavy atom. The summed E-state index contributed by atoms with van der Waals surface area (Å²) in [6.07, 6.45) is -3.17. The van der Waals surface area contributed by atoms with E-state index in [1.807, 2.05) is 0 Å². The van der Waals surface area contributed by atoms with Crippen molar-refractivity contribution in [2.75, 3.05) is 18.9 Å². The molecule has 1 aromatic heterocycles. The van der Waals surface area contributed by atoms with Crippen molar-refractivity contribution in [2.24, 2.45) is 5.92 Å². The quantitative estimate of drug-likeness (QED) is 0.584. The number of pyridine rings is 1. The summed E-state index contributed by atoms with van der Waals surface area (Å²) in [4.78, 5) is 30.4. The number of hydrogen-bond acceptors (Lipinski definition) is 3. The number of hydrogen-bond donors (Lipinski definition) is 1. The van der Waals surface area contributed by atoms with Gasteiger partial charge in [-0.15, -0.1) is 0 Å². The summed E-state index contributed by atoms with van der Waals surface area (Å²) >= 11 is 11.6. The van der Waals surface area contributed by atoms with E-state index in [0.717, 1.165) is 12.1 Å². The van der Waals surface area contributed by atoms with Gasteiger partial charge in [0.1, 0.15) is 11.1 Å². The molecule has 148 valence electrons. The molecule has 1 aliphatic heterocycles. The third kappa shape index (κ3) is 4.07. The van der Waals surface area contributed by atoms with Crippen molar-refractivity contribution in [3.8, 4) is 0 Å². The van der Waals surface area contributed by atoms with Crippen LogP contribution in [0.5, 0.6) is 0 Å². The van der Waals surface area contributed by atoms with Crippen molar-refractivity contribution in [3.63, 3.8) is 0 Å². The Morgan fingerprint density at radius 3 is 2.46 bits per heavy atom. The third-order valence-corrected chi connectivity index (χ3v) is 5.21. The molecule has 0 bridgehead atoms. The topological polar surface area (TPSA) is 62.3 Å². The fourth-order valence-electron chi connectivity index (χ4n) is 3.12. The van der Waals surface area contributed by atoms with Crippen molar-refractivity contribution >= 4 is 40.7 Å². The van der Waals surface area contributed by atoms with Gasteiger partial charge < -0.3 is 10.2 Å². The molecule has 5 nitrogen and oxygen atoms in total. The lowest BCUT2D eigenvalue weighted by atomic mass is 9.87. The molecule has 10 heteroatoms. The van der Waals surface area contributed by atoms with Crippen LogP contribution in [-0.2, 0) is 15.8 Å². The summed E-state index contributed by atoms with van der Waals surface area (Å²) in [6.45, 7) is 0.210. The van der Waals surface area contributed by atoms with Gasteiger partial charge in [-0.3, -0.25) is 9.59 Å². The zero-order valence-electron chi connectivity index (χ0n) is 14.4. The molecule has 1 aromatic carbocycles. The number of nitrogens with zero attached hydrogens (tertiary/aromatic N) is 2. The van der Waals surface area contributed by atoms with Crippen LogP contribution < -0.4 is 5.32 Å². The Hall–Kier alpha value is -2.32. The molecule has 1 saturated heterocycles. The standard InChI is InChI=1S/C18H14Cl2F3N3O2/c1-26-8-12(9-2-4-10(5-3-9)18(21,22)23)14(17(26)28)16(27)25-11-6-13(19)15(20)24-7-11/h2-7,12,14H,8H2,1H3,(H,25,27)/t12-,14+/m0/s1. The largest absolute Gasteiger partial charge is 0.416 e. The van der Waals surface area contributed by atoms with Gasteiger partial charge in [0.2, 0.25) is 11.8 Å². The maximum Gasteiger partial charge on any atom is 0.416 e. The predicted molar refractivity (Wildman–Crippen MR) is 98.2 cm³/mol. The zero-order chi connectivity index (χ0) is 20.6. The Morgan fingerprint density at radius 1 is 1.25 bits per heavy atom. The SMILES string of the molecule is CN1C[C@@H](c2ccc(C(F)(F)F)cc2)[C@H](C(=O)Nc2cnc(Cl)c(Cl)c2)C1=O. The Kier molecular flexibility index (Phi) is 5.54. The molecule has 2 heterocycles. The van der Waals surface area contributed by atoms with E-state index in [2.05, 4.69) is 10.3 Å². The molecule has 1 aliphatic rings. The van der Waals surface area contributed by atoms with Gasteiger partial charge in [0.05, 0.1) is 22.5 Å². The Labute approximate surface area is 168 Å². The van der Waals surface area contributed by atoms with Gasteiger partial charge >= 0.3 is 6.18 Å². The van der Waals surface area contributed by atoms with Crippen LogP contribution in [0.4, 0.5) is 18.9 Å². The van der Waals surface area contributed by atoms with Gasteiger partial charge in [-0.05, 0) is 23.8 Å². The van der Waals surface area contributed by atoms with Crippen molar-refractivity contribution < 1.29 is 22.8 Å². The lowest BCUT2D eigenvalue weighted by molar-refractivity contribution is -0.138. The van der Waals surface area contributed by atoms with Crippen LogP contribution in [0.1, 0.15) is 17.0 Å². The van der Waals surface area contributed by atoms with E-state index in [-0.39, 0.29) is 22.4 Å². The summed E-state index contributed by atoms with van der Waals surface area (Å²) in [5.74, 6) is -2.69. The highest BCUT2D eigenvalue weighted by Gasteiger charge is 2.44. The summed E-state index contributed by atoms with van der Waals surface area (Å²) in [5.41, 5.74) is -0.0668. The van der Waals surface area contributed by atoms with Crippen molar-refractivity contribution in [3.05, 3.63) is 57.8 Å². The average Bonchev–Trinajstić information content (AvgIpc) is 2.93. The number of likely N-dealkylation sites (N-methyl/N-ethyl adjacent to an activating group) is 1. The zero-order valence-corrected chi connectivity index (χ0v) is 15.9. The van der Waals surface area contributed by atoms with Crippen LogP contribution in [0.25, 0.3) is 0 Å². The lowest BCUT2D eigenvalue weighted by Crippen LogP contribution is -2.32. The van der Waals surface area contributed by atoms with Gasteiger partial charge in [0, 0.05) is 19.5 Å². The molecule has 3 rings (SSSR count). The lowest BCUT2D eigenvalue weighted by Gasteiger charge is -2.18. The van der Waals surface area contributed by atoms with Crippen molar-refractivity contribution in [1.29, 1.82) is 0 Å². The number of benzene rings is 1. The Balaban J connectivity index is 1.85. The van der Waals surface area contributed by atoms with E-state index in [1.54, 1.807) is 0 Å². The molecule has 2 atom stereocenters. The number of anilines is 1. The predicted octanol–water partition coefficient (Wildman–Crippen LogP) is 4.22. The van der Waals surface area contributed by atoms with Crippen LogP contribution in [0.15, 0.2) is 36.5 Å². The molecule has 0 aliphatic carbocycles. The number of carbonyl (C=O) groups excluding carboxylic acids is 2. The van der Waals surface area contributed by atoms with Crippen LogP contribution in [0, 0.1) is 5.92 Å². The van der Waals surface area contributed by atoms with Gasteiger partial charge in [0.15, 0.2) is 0 Å². The second-order valence-electron chi connectivity index (χ2n) is 6.41. The van der Waals surface area contributed by atoms with Crippen LogP contribution in [0.3, 0.4) is 0 Å². The first-order valence-electron chi connectivity index (χ1n) is 8.12. The molecule has 0 spiro atoms. The fourth-order valence-corrected chi connectivity index (χ4v) is 3.39. The molecule has 0 radical (unpaired) electrons. The number of rotatable bonds is 3. The van der Waals surface area contributed by atoms with E-state index in [0.29, 0.717) is 5.56 Å². The van der Waals surface area contributed by atoms with Gasteiger partial charge in [-0.2, -0.15) is 13.2 Å². The first-order chi connectivity index (χ1) is 13.1. The van der Waals surface area contributed by atoms with Crippen molar-refractivity contribution in [2.45, 2.75) is 12.1 Å². The molecule has 1 N–H and O–H groups in total. The normalized spacial score (nSPS) is 19.8. The number of halogens is 5. The second-order valence-corrected chi connectivity index (χ2v) is 7.17. The molecule has 2 aromatic rings. The third-order valence-electron chi connectivity index (χ3n) is 4.53. The van der Waals surface area contributed by atoms with Gasteiger partial charge in [0.25, 0.3) is 0 Å². The number of nitrogens with one attached hydrogen (secondary N) is 1. The molecule has 0 unspecified atom stereocenters. The minimum absolute atomic E-state index is 0.0685. The molecule has 1 fully saturated rings. The van der Waals surface area contributed by atoms with E-state index in [9.17, 15) is 22.8 Å². The maximum absolute atomic E-state index is 12.8. The molecule has 0 saturated carbocycles.